The Hall–Kier alpha value is -3.10. The lowest BCUT2D eigenvalue weighted by molar-refractivity contribution is 0.102. The van der Waals surface area contributed by atoms with Gasteiger partial charge >= 0.3 is 0 Å². The molecular weight excluding hydrogens is 488 g/mol. The van der Waals surface area contributed by atoms with Crippen molar-refractivity contribution in [3.63, 3.8) is 0 Å². The first-order chi connectivity index (χ1) is 17.0. The molecule has 7 nitrogen and oxygen atoms in total. The lowest BCUT2D eigenvalue weighted by atomic mass is 9.95. The molecule has 0 aliphatic heterocycles. The number of ether oxygens (including phenoxy) is 4. The summed E-state index contributed by atoms with van der Waals surface area (Å²) in [6.07, 6.45) is 4.04. The minimum Gasteiger partial charge on any atom is -0.495 e. The molecule has 0 atom stereocenters. The van der Waals surface area contributed by atoms with E-state index in [1.807, 2.05) is 12.1 Å². The summed E-state index contributed by atoms with van der Waals surface area (Å²) in [7, 11) is 6.33. The molecule has 1 amide bonds. The van der Waals surface area contributed by atoms with Crippen molar-refractivity contribution < 1.29 is 23.7 Å². The first-order valence-corrected chi connectivity index (χ1v) is 12.5. The zero-order valence-electron chi connectivity index (χ0n) is 20.2. The van der Waals surface area contributed by atoms with Crippen LogP contribution in [0.2, 0.25) is 5.02 Å². The second kappa shape index (κ2) is 11.1. The maximum absolute atomic E-state index is 13.6. The van der Waals surface area contributed by atoms with Crippen molar-refractivity contribution in [2.75, 3.05) is 39.1 Å². The Morgan fingerprint density at radius 2 is 1.66 bits per heavy atom. The molecule has 0 radical (unpaired) electrons. The SMILES string of the molecule is COc1ccc(Cl)cc1NC(=O)c1c(NCc2ccc(OC)c(OC)c2OC)sc2c1CCCC2. The molecule has 0 bridgehead atoms. The Bertz CT molecular complexity index is 1230. The number of carbonyl (C=O) groups is 1. The highest BCUT2D eigenvalue weighted by Crippen LogP contribution is 2.42. The molecule has 4 rings (SSSR count). The molecule has 0 saturated heterocycles. The number of hydrogen-bond acceptors (Lipinski definition) is 7. The highest BCUT2D eigenvalue weighted by molar-refractivity contribution is 7.16. The molecule has 0 unspecified atom stereocenters. The lowest BCUT2D eigenvalue weighted by Crippen LogP contribution is -2.17. The van der Waals surface area contributed by atoms with Gasteiger partial charge in [-0.25, -0.2) is 0 Å². The van der Waals surface area contributed by atoms with Crippen LogP contribution in [0.4, 0.5) is 10.7 Å². The van der Waals surface area contributed by atoms with E-state index in [1.54, 1.807) is 58.0 Å². The third kappa shape index (κ3) is 5.13. The molecule has 186 valence electrons. The maximum Gasteiger partial charge on any atom is 0.259 e. The summed E-state index contributed by atoms with van der Waals surface area (Å²) in [6.45, 7) is 0.448. The number of benzene rings is 2. The van der Waals surface area contributed by atoms with Crippen molar-refractivity contribution in [1.82, 2.24) is 0 Å². The number of fused-ring (bicyclic) bond motifs is 1. The first kappa shape index (κ1) is 25.0. The summed E-state index contributed by atoms with van der Waals surface area (Å²) in [5, 5.41) is 7.83. The number of carbonyl (C=O) groups excluding carboxylic acids is 1. The van der Waals surface area contributed by atoms with Gasteiger partial charge in [0.05, 0.1) is 39.7 Å². The number of thiophene rings is 1. The Balaban J connectivity index is 1.66. The van der Waals surface area contributed by atoms with Gasteiger partial charge in [-0.05, 0) is 61.6 Å². The van der Waals surface area contributed by atoms with E-state index in [-0.39, 0.29) is 5.91 Å². The van der Waals surface area contributed by atoms with Crippen LogP contribution in [-0.4, -0.2) is 34.3 Å². The van der Waals surface area contributed by atoms with Gasteiger partial charge in [0.2, 0.25) is 5.75 Å². The summed E-state index contributed by atoms with van der Waals surface area (Å²) >= 11 is 7.81. The van der Waals surface area contributed by atoms with Gasteiger partial charge in [0.1, 0.15) is 10.8 Å². The minimum atomic E-state index is -0.188. The normalized spacial score (nSPS) is 12.5. The van der Waals surface area contributed by atoms with E-state index < -0.39 is 0 Å². The van der Waals surface area contributed by atoms with Crippen molar-refractivity contribution in [2.24, 2.45) is 0 Å². The quantitative estimate of drug-likeness (QED) is 0.353. The average molecular weight is 517 g/mol. The maximum atomic E-state index is 13.6. The van der Waals surface area contributed by atoms with E-state index >= 15 is 0 Å². The Labute approximate surface area is 214 Å². The summed E-state index contributed by atoms with van der Waals surface area (Å²) in [5.74, 6) is 2.08. The lowest BCUT2D eigenvalue weighted by Gasteiger charge is -2.17. The molecule has 2 N–H and O–H groups in total. The standard InChI is InChI=1S/C26H29ClN2O5S/c1-31-19-12-10-16(27)13-18(19)29-25(30)22-17-7-5-6-8-21(17)35-26(22)28-14-15-9-11-20(32-2)24(34-4)23(15)33-3/h9-13,28H,5-8,14H2,1-4H3,(H,29,30). The molecule has 35 heavy (non-hydrogen) atoms. The van der Waals surface area contributed by atoms with Gasteiger partial charge in [-0.1, -0.05) is 11.6 Å². The molecule has 1 heterocycles. The van der Waals surface area contributed by atoms with E-state index in [0.717, 1.165) is 41.8 Å². The highest BCUT2D eigenvalue weighted by Gasteiger charge is 2.26. The predicted molar refractivity (Wildman–Crippen MR) is 140 cm³/mol. The summed E-state index contributed by atoms with van der Waals surface area (Å²) in [4.78, 5) is 14.8. The van der Waals surface area contributed by atoms with Crippen LogP contribution in [0.25, 0.3) is 0 Å². The zero-order chi connectivity index (χ0) is 24.9. The van der Waals surface area contributed by atoms with Crippen LogP contribution in [0, 0.1) is 0 Å². The van der Waals surface area contributed by atoms with Gasteiger partial charge in [0, 0.05) is 22.0 Å². The molecular formula is C26H29ClN2O5S. The fourth-order valence-electron chi connectivity index (χ4n) is 4.37. The van der Waals surface area contributed by atoms with Crippen LogP contribution in [-0.2, 0) is 19.4 Å². The smallest absolute Gasteiger partial charge is 0.259 e. The third-order valence-corrected chi connectivity index (χ3v) is 7.52. The number of methoxy groups -OCH3 is 4. The molecule has 0 saturated carbocycles. The van der Waals surface area contributed by atoms with Crippen LogP contribution in [0.3, 0.4) is 0 Å². The van der Waals surface area contributed by atoms with Crippen LogP contribution < -0.4 is 29.6 Å². The average Bonchev–Trinajstić information content (AvgIpc) is 3.25. The van der Waals surface area contributed by atoms with Crippen molar-refractivity contribution >= 4 is 39.5 Å². The monoisotopic (exact) mass is 516 g/mol. The number of amides is 1. The number of halogens is 1. The van der Waals surface area contributed by atoms with Crippen LogP contribution in [0.1, 0.15) is 39.2 Å². The van der Waals surface area contributed by atoms with E-state index in [0.29, 0.717) is 45.8 Å². The number of hydrogen-bond donors (Lipinski definition) is 2. The van der Waals surface area contributed by atoms with Crippen LogP contribution >= 0.6 is 22.9 Å². The molecule has 2 aromatic carbocycles. The van der Waals surface area contributed by atoms with E-state index in [1.165, 1.54) is 4.88 Å². The predicted octanol–water partition coefficient (Wildman–Crippen LogP) is 6.18. The number of aryl methyl sites for hydroxylation is 1. The first-order valence-electron chi connectivity index (χ1n) is 11.3. The molecule has 1 aliphatic rings. The third-order valence-electron chi connectivity index (χ3n) is 6.03. The molecule has 0 fully saturated rings. The van der Waals surface area contributed by atoms with Crippen LogP contribution in [0.15, 0.2) is 30.3 Å². The van der Waals surface area contributed by atoms with Gasteiger partial charge in [-0.2, -0.15) is 0 Å². The van der Waals surface area contributed by atoms with E-state index in [9.17, 15) is 4.79 Å². The van der Waals surface area contributed by atoms with E-state index in [4.69, 9.17) is 30.5 Å². The zero-order valence-corrected chi connectivity index (χ0v) is 21.8. The summed E-state index contributed by atoms with van der Waals surface area (Å²) in [6, 6.07) is 8.93. The van der Waals surface area contributed by atoms with Crippen molar-refractivity contribution in [1.29, 1.82) is 0 Å². The van der Waals surface area contributed by atoms with Gasteiger partial charge in [-0.3, -0.25) is 4.79 Å². The van der Waals surface area contributed by atoms with E-state index in [2.05, 4.69) is 10.6 Å². The van der Waals surface area contributed by atoms with Gasteiger partial charge in [0.25, 0.3) is 5.91 Å². The van der Waals surface area contributed by atoms with Crippen molar-refractivity contribution in [3.8, 4) is 23.0 Å². The van der Waals surface area contributed by atoms with Crippen LogP contribution in [0.5, 0.6) is 23.0 Å². The molecule has 9 heteroatoms. The molecule has 1 aliphatic carbocycles. The van der Waals surface area contributed by atoms with Gasteiger partial charge in [-0.15, -0.1) is 11.3 Å². The Morgan fingerprint density at radius 1 is 0.943 bits per heavy atom. The second-order valence-corrected chi connectivity index (χ2v) is 9.60. The summed E-state index contributed by atoms with van der Waals surface area (Å²) in [5.41, 5.74) is 3.21. The highest BCUT2D eigenvalue weighted by atomic mass is 35.5. The largest absolute Gasteiger partial charge is 0.495 e. The Kier molecular flexibility index (Phi) is 7.93. The topological polar surface area (TPSA) is 78.1 Å². The van der Waals surface area contributed by atoms with Crippen molar-refractivity contribution in [3.05, 3.63) is 56.9 Å². The van der Waals surface area contributed by atoms with Gasteiger partial charge < -0.3 is 29.6 Å². The summed E-state index contributed by atoms with van der Waals surface area (Å²) < 4.78 is 21.9. The number of anilines is 2. The number of nitrogens with one attached hydrogen (secondary N) is 2. The fraction of sp³-hybridized carbons (Fsp3) is 0.346. The van der Waals surface area contributed by atoms with Crippen molar-refractivity contribution in [2.45, 2.75) is 32.2 Å². The fourth-order valence-corrected chi connectivity index (χ4v) is 5.83. The number of rotatable bonds is 9. The molecule has 1 aromatic heterocycles. The molecule has 3 aromatic rings. The second-order valence-electron chi connectivity index (χ2n) is 8.06. The minimum absolute atomic E-state index is 0.188. The van der Waals surface area contributed by atoms with Gasteiger partial charge in [0.15, 0.2) is 11.5 Å². The Morgan fingerprint density at radius 3 is 2.37 bits per heavy atom. The molecule has 0 spiro atoms.